The van der Waals surface area contributed by atoms with Crippen LogP contribution < -0.4 is 5.49 Å². The summed E-state index contributed by atoms with van der Waals surface area (Å²) in [5.74, 6) is 0.299. The van der Waals surface area contributed by atoms with Crippen LogP contribution in [0.1, 0.15) is 49.7 Å². The van der Waals surface area contributed by atoms with Crippen LogP contribution in [0.25, 0.3) is 0 Å². The van der Waals surface area contributed by atoms with Gasteiger partial charge in [-0.25, -0.2) is 0 Å². The maximum atomic E-state index is 12.7. The lowest BCUT2D eigenvalue weighted by Gasteiger charge is -2.20. The topological polar surface area (TPSA) is 39.3 Å². The molecule has 25 heavy (non-hydrogen) atoms. The molecule has 0 unspecified atom stereocenters. The zero-order valence-corrected chi connectivity index (χ0v) is 16.5. The molecule has 0 bridgehead atoms. The fraction of sp³-hybridized carbons (Fsp3) is 0.474. The Bertz CT molecular complexity index is 883. The van der Waals surface area contributed by atoms with Crippen molar-refractivity contribution in [3.63, 3.8) is 0 Å². The summed E-state index contributed by atoms with van der Waals surface area (Å²) in [5, 5.41) is 0.830. The smallest absolute Gasteiger partial charge is 0.280 e. The Hall–Kier alpha value is -1.52. The van der Waals surface area contributed by atoms with Crippen LogP contribution in [0.2, 0.25) is 10.0 Å². The van der Waals surface area contributed by atoms with E-state index in [4.69, 9.17) is 23.2 Å². The Morgan fingerprint density at radius 3 is 2.52 bits per heavy atom. The second kappa shape index (κ2) is 6.65. The summed E-state index contributed by atoms with van der Waals surface area (Å²) in [6.07, 6.45) is 2.47. The molecule has 0 saturated heterocycles. The van der Waals surface area contributed by atoms with E-state index >= 15 is 0 Å². The lowest BCUT2D eigenvalue weighted by Crippen LogP contribution is -2.26. The van der Waals surface area contributed by atoms with Crippen molar-refractivity contribution in [3.05, 3.63) is 51.1 Å². The first-order chi connectivity index (χ1) is 11.7. The summed E-state index contributed by atoms with van der Waals surface area (Å²) >= 11 is 12.1. The molecule has 6 heteroatoms. The van der Waals surface area contributed by atoms with E-state index in [1.807, 2.05) is 13.1 Å². The second-order valence-electron chi connectivity index (χ2n) is 7.73. The molecule has 1 heterocycles. The number of carbonyl (C=O) groups is 1. The Morgan fingerprint density at radius 1 is 1.24 bits per heavy atom. The summed E-state index contributed by atoms with van der Waals surface area (Å²) in [5.41, 5.74) is 2.09. The normalized spacial score (nSPS) is 15.7. The van der Waals surface area contributed by atoms with E-state index in [-0.39, 0.29) is 11.3 Å². The number of nitrogens with zero attached hydrogens (tertiary/aromatic N) is 3. The number of benzene rings is 1. The van der Waals surface area contributed by atoms with Crippen molar-refractivity contribution in [1.29, 1.82) is 0 Å². The molecule has 0 radical (unpaired) electrons. The Morgan fingerprint density at radius 2 is 1.92 bits per heavy atom. The number of aromatic nitrogens is 2. The van der Waals surface area contributed by atoms with Gasteiger partial charge < -0.3 is 0 Å². The molecule has 134 valence electrons. The first kappa shape index (κ1) is 18.3. The SMILES string of the molecule is Cn1c(C(C)(C)C)c/c(=N\C(=O)c2cc(Cl)ccc2Cl)n1CC1CC1. The van der Waals surface area contributed by atoms with E-state index in [1.54, 1.807) is 18.2 Å². The maximum Gasteiger partial charge on any atom is 0.280 e. The maximum absolute atomic E-state index is 12.7. The van der Waals surface area contributed by atoms with E-state index < -0.39 is 0 Å². The molecular weight excluding hydrogens is 357 g/mol. The first-order valence-electron chi connectivity index (χ1n) is 8.48. The second-order valence-corrected chi connectivity index (χ2v) is 8.57. The molecule has 0 aliphatic heterocycles. The highest BCUT2D eigenvalue weighted by atomic mass is 35.5. The van der Waals surface area contributed by atoms with Crippen molar-refractivity contribution < 1.29 is 4.79 Å². The van der Waals surface area contributed by atoms with Crippen LogP contribution in [0.3, 0.4) is 0 Å². The third-order valence-electron chi connectivity index (χ3n) is 4.51. The molecule has 1 saturated carbocycles. The molecular formula is C19H23Cl2N3O. The van der Waals surface area contributed by atoms with Crippen molar-refractivity contribution in [2.45, 2.75) is 45.6 Å². The standard InChI is InChI=1S/C19H23Cl2N3O/c1-19(2,3)16-10-17(24(23(16)4)11-12-5-6-12)22-18(25)14-9-13(20)7-8-15(14)21/h7-10,12H,5-6,11H2,1-4H3/b22-17+. The van der Waals surface area contributed by atoms with Gasteiger partial charge in [0.15, 0.2) is 5.49 Å². The van der Waals surface area contributed by atoms with Crippen LogP contribution in [0.15, 0.2) is 29.3 Å². The molecule has 3 rings (SSSR count). The van der Waals surface area contributed by atoms with E-state index in [0.717, 1.165) is 12.2 Å². The predicted molar refractivity (Wildman–Crippen MR) is 101 cm³/mol. The van der Waals surface area contributed by atoms with Crippen molar-refractivity contribution >= 4 is 29.1 Å². The summed E-state index contributed by atoms with van der Waals surface area (Å²) in [6, 6.07) is 6.85. The van der Waals surface area contributed by atoms with Crippen LogP contribution in [-0.4, -0.2) is 15.3 Å². The largest absolute Gasteiger partial charge is 0.291 e. The van der Waals surface area contributed by atoms with Gasteiger partial charge in [0.05, 0.1) is 10.6 Å². The molecule has 1 fully saturated rings. The van der Waals surface area contributed by atoms with Gasteiger partial charge in [-0.3, -0.25) is 14.2 Å². The summed E-state index contributed by atoms with van der Waals surface area (Å²) in [4.78, 5) is 17.0. The summed E-state index contributed by atoms with van der Waals surface area (Å²) < 4.78 is 4.21. The highest BCUT2D eigenvalue weighted by Gasteiger charge is 2.26. The van der Waals surface area contributed by atoms with Crippen molar-refractivity contribution in [3.8, 4) is 0 Å². The minimum absolute atomic E-state index is 0.0371. The number of rotatable bonds is 3. The van der Waals surface area contributed by atoms with E-state index in [2.05, 4.69) is 35.1 Å². The molecule has 1 aliphatic carbocycles. The molecule has 0 spiro atoms. The zero-order valence-electron chi connectivity index (χ0n) is 15.0. The van der Waals surface area contributed by atoms with Crippen LogP contribution in [0, 0.1) is 5.92 Å². The Balaban J connectivity index is 2.09. The minimum atomic E-state index is -0.372. The molecule has 1 aromatic heterocycles. The summed E-state index contributed by atoms with van der Waals surface area (Å²) in [6.45, 7) is 7.34. The van der Waals surface area contributed by atoms with Gasteiger partial charge >= 0.3 is 0 Å². The van der Waals surface area contributed by atoms with Crippen LogP contribution in [0.4, 0.5) is 0 Å². The number of halogens is 2. The highest BCUT2D eigenvalue weighted by molar-refractivity contribution is 6.35. The predicted octanol–water partition coefficient (Wildman–Crippen LogP) is 4.58. The third kappa shape index (κ3) is 4.01. The quantitative estimate of drug-likeness (QED) is 0.768. The van der Waals surface area contributed by atoms with Gasteiger partial charge in [-0.15, -0.1) is 0 Å². The number of amides is 1. The Kier molecular flexibility index (Phi) is 4.86. The Labute approximate surface area is 158 Å². The van der Waals surface area contributed by atoms with Crippen LogP contribution in [-0.2, 0) is 19.0 Å². The van der Waals surface area contributed by atoms with Crippen molar-refractivity contribution in [2.75, 3.05) is 0 Å². The first-order valence-corrected chi connectivity index (χ1v) is 9.24. The van der Waals surface area contributed by atoms with Gasteiger partial charge in [-0.1, -0.05) is 44.0 Å². The molecule has 0 atom stereocenters. The molecule has 1 aliphatic rings. The van der Waals surface area contributed by atoms with Gasteiger partial charge in [0, 0.05) is 35.8 Å². The molecule has 2 aromatic rings. The lowest BCUT2D eigenvalue weighted by atomic mass is 9.92. The average molecular weight is 380 g/mol. The zero-order chi connectivity index (χ0) is 18.4. The average Bonchev–Trinajstić information content (AvgIpc) is 3.28. The third-order valence-corrected chi connectivity index (χ3v) is 5.08. The highest BCUT2D eigenvalue weighted by Crippen LogP contribution is 2.31. The van der Waals surface area contributed by atoms with E-state index in [1.165, 1.54) is 12.8 Å². The number of hydrogen-bond donors (Lipinski definition) is 0. The molecule has 1 amide bonds. The van der Waals surface area contributed by atoms with Gasteiger partial charge in [-0.05, 0) is 37.0 Å². The number of hydrogen-bond acceptors (Lipinski definition) is 1. The van der Waals surface area contributed by atoms with Gasteiger partial charge in [0.25, 0.3) is 5.91 Å². The van der Waals surface area contributed by atoms with Gasteiger partial charge in [0.1, 0.15) is 0 Å². The van der Waals surface area contributed by atoms with E-state index in [9.17, 15) is 4.79 Å². The fourth-order valence-corrected chi connectivity index (χ4v) is 3.32. The monoisotopic (exact) mass is 379 g/mol. The van der Waals surface area contributed by atoms with Crippen molar-refractivity contribution in [2.24, 2.45) is 18.0 Å². The van der Waals surface area contributed by atoms with Gasteiger partial charge in [-0.2, -0.15) is 4.99 Å². The van der Waals surface area contributed by atoms with Crippen LogP contribution in [0.5, 0.6) is 0 Å². The molecule has 1 aromatic carbocycles. The summed E-state index contributed by atoms with van der Waals surface area (Å²) in [7, 11) is 2.03. The molecule has 4 nitrogen and oxygen atoms in total. The molecule has 0 N–H and O–H groups in total. The fourth-order valence-electron chi connectivity index (χ4n) is 2.95. The minimum Gasteiger partial charge on any atom is -0.291 e. The van der Waals surface area contributed by atoms with E-state index in [0.29, 0.717) is 27.0 Å². The van der Waals surface area contributed by atoms with Crippen molar-refractivity contribution in [1.82, 2.24) is 9.36 Å². The lowest BCUT2D eigenvalue weighted by molar-refractivity contribution is 0.0997. The van der Waals surface area contributed by atoms with Gasteiger partial charge in [0.2, 0.25) is 0 Å². The number of carbonyl (C=O) groups excluding carboxylic acids is 1. The van der Waals surface area contributed by atoms with Crippen LogP contribution >= 0.6 is 23.2 Å².